The lowest BCUT2D eigenvalue weighted by molar-refractivity contribution is -0.137. The van der Waals surface area contributed by atoms with E-state index >= 15 is 0 Å². The van der Waals surface area contributed by atoms with E-state index in [4.69, 9.17) is 11.6 Å². The fourth-order valence-electron chi connectivity index (χ4n) is 3.43. The Labute approximate surface area is 162 Å². The van der Waals surface area contributed by atoms with Gasteiger partial charge in [0.1, 0.15) is 5.82 Å². The number of anilines is 1. The summed E-state index contributed by atoms with van der Waals surface area (Å²) in [5.41, 5.74) is -1.31. The molecule has 2 aromatic carbocycles. The third-order valence-electron chi connectivity index (χ3n) is 4.76. The molecule has 4 rings (SSSR count). The van der Waals surface area contributed by atoms with Gasteiger partial charge in [0.05, 0.1) is 27.9 Å². The molecule has 1 atom stereocenters. The molecule has 0 saturated carbocycles. The monoisotopic (exact) mass is 409 g/mol. The highest BCUT2D eigenvalue weighted by Crippen LogP contribution is 2.35. The number of rotatable bonds is 2. The van der Waals surface area contributed by atoms with E-state index in [0.29, 0.717) is 18.4 Å². The number of fused-ring (bicyclic) bond motifs is 1. The average molecular weight is 410 g/mol. The first-order chi connectivity index (χ1) is 13.3. The largest absolute Gasteiger partial charge is 0.416 e. The van der Waals surface area contributed by atoms with Gasteiger partial charge in [0.15, 0.2) is 0 Å². The topological polar surface area (TPSA) is 58.4 Å². The molecule has 0 aliphatic carbocycles. The Morgan fingerprint density at radius 1 is 1.18 bits per heavy atom. The summed E-state index contributed by atoms with van der Waals surface area (Å²) in [6.07, 6.45) is -4.64. The van der Waals surface area contributed by atoms with Crippen molar-refractivity contribution in [2.45, 2.75) is 18.7 Å². The molecule has 5 nitrogen and oxygen atoms in total. The Bertz CT molecular complexity index is 1110. The van der Waals surface area contributed by atoms with Gasteiger partial charge in [-0.3, -0.25) is 4.57 Å². The van der Waals surface area contributed by atoms with Crippen LogP contribution in [-0.2, 0) is 6.18 Å². The molecular formula is C19H15ClF3N3O2. The molecule has 2 heterocycles. The molecule has 0 amide bonds. The van der Waals surface area contributed by atoms with E-state index in [-0.39, 0.29) is 28.6 Å². The molecular weight excluding hydrogens is 395 g/mol. The number of para-hydroxylation sites is 1. The molecule has 0 spiro atoms. The summed E-state index contributed by atoms with van der Waals surface area (Å²) in [5, 5.41) is 10.4. The summed E-state index contributed by atoms with van der Waals surface area (Å²) in [7, 11) is 0. The van der Waals surface area contributed by atoms with Gasteiger partial charge in [-0.05, 0) is 36.8 Å². The first kappa shape index (κ1) is 18.8. The number of halogens is 4. The van der Waals surface area contributed by atoms with Gasteiger partial charge in [0.25, 0.3) is 0 Å². The highest BCUT2D eigenvalue weighted by atomic mass is 35.5. The number of benzene rings is 2. The van der Waals surface area contributed by atoms with Crippen LogP contribution in [0.15, 0.2) is 47.3 Å². The highest BCUT2D eigenvalue weighted by Gasteiger charge is 2.32. The van der Waals surface area contributed by atoms with Crippen molar-refractivity contribution in [1.82, 2.24) is 9.55 Å². The van der Waals surface area contributed by atoms with Crippen LogP contribution >= 0.6 is 11.6 Å². The van der Waals surface area contributed by atoms with Gasteiger partial charge in [0, 0.05) is 18.5 Å². The van der Waals surface area contributed by atoms with Crippen LogP contribution in [0.1, 0.15) is 12.0 Å². The van der Waals surface area contributed by atoms with Gasteiger partial charge in [-0.2, -0.15) is 18.2 Å². The lowest BCUT2D eigenvalue weighted by atomic mass is 10.1. The maximum Gasteiger partial charge on any atom is 0.416 e. The van der Waals surface area contributed by atoms with Crippen LogP contribution in [0.3, 0.4) is 0 Å². The van der Waals surface area contributed by atoms with Crippen molar-refractivity contribution < 1.29 is 18.3 Å². The molecule has 1 aliphatic heterocycles. The second-order valence-corrected chi connectivity index (χ2v) is 7.03. The SMILES string of the molecule is O=c1nc(N2CC[C@@H](O)C2)c2ccc(C(F)(F)F)cc2n1-c1ccccc1Cl. The Morgan fingerprint density at radius 2 is 1.93 bits per heavy atom. The van der Waals surface area contributed by atoms with Crippen molar-refractivity contribution in [3.05, 3.63) is 63.5 Å². The zero-order valence-electron chi connectivity index (χ0n) is 14.4. The van der Waals surface area contributed by atoms with Gasteiger partial charge >= 0.3 is 11.9 Å². The van der Waals surface area contributed by atoms with E-state index in [9.17, 15) is 23.1 Å². The van der Waals surface area contributed by atoms with Gasteiger partial charge < -0.3 is 10.0 Å². The first-order valence-corrected chi connectivity index (χ1v) is 8.95. The third kappa shape index (κ3) is 3.22. The van der Waals surface area contributed by atoms with E-state index in [0.717, 1.165) is 16.7 Å². The van der Waals surface area contributed by atoms with Gasteiger partial charge in [-0.15, -0.1) is 0 Å². The molecule has 28 heavy (non-hydrogen) atoms. The maximum absolute atomic E-state index is 13.3. The van der Waals surface area contributed by atoms with Crippen LogP contribution < -0.4 is 10.6 Å². The average Bonchev–Trinajstić information content (AvgIpc) is 3.07. The summed E-state index contributed by atoms with van der Waals surface area (Å²) in [4.78, 5) is 18.6. The quantitative estimate of drug-likeness (QED) is 0.702. The second-order valence-electron chi connectivity index (χ2n) is 6.62. The van der Waals surface area contributed by atoms with Crippen molar-refractivity contribution in [2.24, 2.45) is 0 Å². The summed E-state index contributed by atoms with van der Waals surface area (Å²) in [6.45, 7) is 0.721. The van der Waals surface area contributed by atoms with Crippen molar-refractivity contribution in [3.8, 4) is 5.69 Å². The molecule has 0 bridgehead atoms. The minimum atomic E-state index is -4.57. The minimum absolute atomic E-state index is 0.0549. The zero-order chi connectivity index (χ0) is 20.1. The number of hydrogen-bond donors (Lipinski definition) is 1. The molecule has 1 N–H and O–H groups in total. The van der Waals surface area contributed by atoms with Crippen LogP contribution in [-0.4, -0.2) is 33.9 Å². The molecule has 3 aromatic rings. The number of aliphatic hydroxyl groups is 1. The molecule has 1 saturated heterocycles. The van der Waals surface area contributed by atoms with E-state index in [1.54, 1.807) is 29.2 Å². The molecule has 146 valence electrons. The standard InChI is InChI=1S/C19H15ClF3N3O2/c20-14-3-1-2-4-15(14)26-16-9-11(19(21,22)23)5-6-13(16)17(24-18(26)28)25-8-7-12(27)10-25/h1-6,9,12,27H,7-8,10H2/t12-/m1/s1. The first-order valence-electron chi connectivity index (χ1n) is 8.57. The summed E-state index contributed by atoms with van der Waals surface area (Å²) < 4.78 is 41.0. The normalized spacial score (nSPS) is 17.5. The van der Waals surface area contributed by atoms with Crippen LogP contribution in [0.2, 0.25) is 5.02 Å². The van der Waals surface area contributed by atoms with Crippen molar-refractivity contribution in [1.29, 1.82) is 0 Å². The third-order valence-corrected chi connectivity index (χ3v) is 5.08. The Morgan fingerprint density at radius 3 is 2.57 bits per heavy atom. The van der Waals surface area contributed by atoms with Crippen molar-refractivity contribution in [2.75, 3.05) is 18.0 Å². The van der Waals surface area contributed by atoms with Gasteiger partial charge in [0.2, 0.25) is 0 Å². The minimum Gasteiger partial charge on any atom is -0.391 e. The van der Waals surface area contributed by atoms with Crippen LogP contribution in [0.25, 0.3) is 16.6 Å². The molecule has 0 radical (unpaired) electrons. The smallest absolute Gasteiger partial charge is 0.391 e. The zero-order valence-corrected chi connectivity index (χ0v) is 15.2. The number of β-amino-alcohol motifs (C(OH)–C–C–N with tert-alkyl or cyclic N) is 1. The second kappa shape index (κ2) is 6.79. The van der Waals surface area contributed by atoms with Crippen molar-refractivity contribution >= 4 is 28.3 Å². The van der Waals surface area contributed by atoms with Gasteiger partial charge in [-0.1, -0.05) is 23.7 Å². The number of alkyl halides is 3. The molecule has 1 fully saturated rings. The van der Waals surface area contributed by atoms with Crippen LogP contribution in [0, 0.1) is 0 Å². The number of hydrogen-bond acceptors (Lipinski definition) is 4. The predicted octanol–water partition coefficient (Wildman–Crippen LogP) is 3.63. The van der Waals surface area contributed by atoms with E-state index in [1.165, 1.54) is 6.07 Å². The fraction of sp³-hybridized carbons (Fsp3) is 0.263. The highest BCUT2D eigenvalue weighted by molar-refractivity contribution is 6.32. The lowest BCUT2D eigenvalue weighted by Gasteiger charge is -2.21. The van der Waals surface area contributed by atoms with Crippen LogP contribution in [0.5, 0.6) is 0 Å². The number of nitrogens with zero attached hydrogens (tertiary/aromatic N) is 3. The molecule has 1 aromatic heterocycles. The summed E-state index contributed by atoms with van der Waals surface area (Å²) in [5.74, 6) is 0.258. The number of aromatic nitrogens is 2. The fourth-order valence-corrected chi connectivity index (χ4v) is 3.65. The van der Waals surface area contributed by atoms with E-state index < -0.39 is 23.5 Å². The predicted molar refractivity (Wildman–Crippen MR) is 100 cm³/mol. The summed E-state index contributed by atoms with van der Waals surface area (Å²) in [6, 6.07) is 9.58. The lowest BCUT2D eigenvalue weighted by Crippen LogP contribution is -2.29. The summed E-state index contributed by atoms with van der Waals surface area (Å²) >= 11 is 6.19. The van der Waals surface area contributed by atoms with Crippen molar-refractivity contribution in [3.63, 3.8) is 0 Å². The van der Waals surface area contributed by atoms with E-state index in [2.05, 4.69) is 4.98 Å². The Hall–Kier alpha value is -2.58. The maximum atomic E-state index is 13.3. The molecule has 1 aliphatic rings. The number of aliphatic hydroxyl groups excluding tert-OH is 1. The Kier molecular flexibility index (Phi) is 4.55. The van der Waals surface area contributed by atoms with Gasteiger partial charge in [-0.25, -0.2) is 4.79 Å². The van der Waals surface area contributed by atoms with E-state index in [1.807, 2.05) is 0 Å². The molecule has 9 heteroatoms. The Balaban J connectivity index is 2.05. The van der Waals surface area contributed by atoms with Crippen LogP contribution in [0.4, 0.5) is 19.0 Å². The molecule has 0 unspecified atom stereocenters.